The average Bonchev–Trinajstić information content (AvgIpc) is 2.97. The maximum Gasteiger partial charge on any atom is 0.227 e. The number of hydrogen-bond acceptors (Lipinski definition) is 3. The lowest BCUT2D eigenvalue weighted by Crippen LogP contribution is -2.46. The zero-order chi connectivity index (χ0) is 18.7. The van der Waals surface area contributed by atoms with Crippen LogP contribution in [-0.4, -0.2) is 48.9 Å². The van der Waals surface area contributed by atoms with E-state index < -0.39 is 0 Å². The highest BCUT2D eigenvalue weighted by atomic mass is 79.9. The first-order chi connectivity index (χ1) is 12.4. The number of likely N-dealkylation sites (tertiary alicyclic amines) is 1. The fourth-order valence-electron chi connectivity index (χ4n) is 4.03. The molecule has 2 heterocycles. The van der Waals surface area contributed by atoms with Gasteiger partial charge in [-0.25, -0.2) is 0 Å². The first-order valence-corrected chi connectivity index (χ1v) is 10.3. The first-order valence-electron chi connectivity index (χ1n) is 9.51. The number of rotatable bonds is 5. The van der Waals surface area contributed by atoms with Gasteiger partial charge in [0.25, 0.3) is 0 Å². The highest BCUT2D eigenvalue weighted by Crippen LogP contribution is 2.31. The molecule has 0 radical (unpaired) electrons. The van der Waals surface area contributed by atoms with E-state index in [4.69, 9.17) is 0 Å². The second-order valence-electron chi connectivity index (χ2n) is 7.77. The van der Waals surface area contributed by atoms with Crippen molar-refractivity contribution >= 4 is 33.4 Å². The van der Waals surface area contributed by atoms with Crippen LogP contribution in [0.1, 0.15) is 33.1 Å². The zero-order valence-electron chi connectivity index (χ0n) is 15.6. The van der Waals surface area contributed by atoms with Crippen molar-refractivity contribution in [2.24, 2.45) is 11.8 Å². The van der Waals surface area contributed by atoms with Gasteiger partial charge in [-0.2, -0.15) is 0 Å². The van der Waals surface area contributed by atoms with Crippen molar-refractivity contribution in [3.63, 3.8) is 0 Å². The summed E-state index contributed by atoms with van der Waals surface area (Å²) in [5, 5.41) is 3.12. The van der Waals surface area contributed by atoms with Gasteiger partial charge in [-0.1, -0.05) is 19.1 Å². The molecule has 5 nitrogen and oxygen atoms in total. The van der Waals surface area contributed by atoms with Crippen LogP contribution >= 0.6 is 15.9 Å². The molecule has 1 aromatic carbocycles. The first kappa shape index (κ1) is 19.4. The summed E-state index contributed by atoms with van der Waals surface area (Å²) in [6, 6.07) is 7.74. The van der Waals surface area contributed by atoms with Crippen molar-refractivity contribution in [3.8, 4) is 0 Å². The van der Waals surface area contributed by atoms with E-state index in [1.807, 2.05) is 24.3 Å². The number of hydrogen-bond donors (Lipinski definition) is 1. The van der Waals surface area contributed by atoms with Crippen molar-refractivity contribution < 1.29 is 9.59 Å². The van der Waals surface area contributed by atoms with E-state index in [1.165, 1.54) is 12.8 Å². The molecular weight excluding hydrogens is 394 g/mol. The van der Waals surface area contributed by atoms with Crippen molar-refractivity contribution in [2.75, 3.05) is 31.1 Å². The Kier molecular flexibility index (Phi) is 6.35. The molecule has 2 aliphatic heterocycles. The molecule has 2 amide bonds. The molecular formula is C20H28BrN3O2. The van der Waals surface area contributed by atoms with Crippen LogP contribution in [0, 0.1) is 11.8 Å². The van der Waals surface area contributed by atoms with Crippen molar-refractivity contribution in [2.45, 2.75) is 39.2 Å². The molecule has 6 heteroatoms. The monoisotopic (exact) mass is 421 g/mol. The average molecular weight is 422 g/mol. The van der Waals surface area contributed by atoms with E-state index in [9.17, 15) is 9.59 Å². The number of carbonyl (C=O) groups is 2. The second-order valence-corrected chi connectivity index (χ2v) is 8.63. The highest BCUT2D eigenvalue weighted by molar-refractivity contribution is 9.10. The third kappa shape index (κ3) is 4.65. The van der Waals surface area contributed by atoms with Gasteiger partial charge in [0.2, 0.25) is 11.8 Å². The van der Waals surface area contributed by atoms with E-state index in [2.05, 4.69) is 40.0 Å². The molecule has 26 heavy (non-hydrogen) atoms. The summed E-state index contributed by atoms with van der Waals surface area (Å²) in [6.45, 7) is 7.89. The van der Waals surface area contributed by atoms with Crippen LogP contribution < -0.4 is 10.2 Å². The van der Waals surface area contributed by atoms with Crippen LogP contribution in [0.25, 0.3) is 0 Å². The van der Waals surface area contributed by atoms with Crippen LogP contribution in [0.5, 0.6) is 0 Å². The Morgan fingerprint density at radius 2 is 2.12 bits per heavy atom. The van der Waals surface area contributed by atoms with Gasteiger partial charge in [0.15, 0.2) is 0 Å². The SMILES string of the molecule is C[C@@H]1CCCN(C[C@H](C)NC(=O)[C@H]2CC(=O)N(c3ccccc3Br)C2)C1. The second kappa shape index (κ2) is 8.53. The van der Waals surface area contributed by atoms with Gasteiger partial charge < -0.3 is 15.1 Å². The quantitative estimate of drug-likeness (QED) is 0.794. The fraction of sp³-hybridized carbons (Fsp3) is 0.600. The number of anilines is 1. The summed E-state index contributed by atoms with van der Waals surface area (Å²) in [5.41, 5.74) is 0.836. The molecule has 0 spiro atoms. The van der Waals surface area contributed by atoms with Gasteiger partial charge in [0.05, 0.1) is 11.6 Å². The number of amides is 2. The van der Waals surface area contributed by atoms with E-state index >= 15 is 0 Å². The summed E-state index contributed by atoms with van der Waals surface area (Å²) in [7, 11) is 0. The van der Waals surface area contributed by atoms with Gasteiger partial charge in [-0.15, -0.1) is 0 Å². The minimum atomic E-state index is -0.280. The molecule has 0 aromatic heterocycles. The van der Waals surface area contributed by atoms with Crippen molar-refractivity contribution in [1.29, 1.82) is 0 Å². The smallest absolute Gasteiger partial charge is 0.227 e. The lowest BCUT2D eigenvalue weighted by atomic mass is 10.00. The molecule has 0 bridgehead atoms. The van der Waals surface area contributed by atoms with Gasteiger partial charge in [0, 0.05) is 36.6 Å². The van der Waals surface area contributed by atoms with E-state index in [0.29, 0.717) is 6.54 Å². The number of nitrogens with one attached hydrogen (secondary N) is 1. The maximum atomic E-state index is 12.6. The highest BCUT2D eigenvalue weighted by Gasteiger charge is 2.36. The van der Waals surface area contributed by atoms with Gasteiger partial charge >= 0.3 is 0 Å². The molecule has 0 aliphatic carbocycles. The van der Waals surface area contributed by atoms with Crippen LogP contribution in [0.2, 0.25) is 0 Å². The summed E-state index contributed by atoms with van der Waals surface area (Å²) in [6.07, 6.45) is 2.81. The van der Waals surface area contributed by atoms with Gasteiger partial charge in [-0.05, 0) is 60.3 Å². The van der Waals surface area contributed by atoms with Crippen LogP contribution in [0.4, 0.5) is 5.69 Å². The molecule has 2 saturated heterocycles. The molecule has 0 unspecified atom stereocenters. The Bertz CT molecular complexity index is 666. The van der Waals surface area contributed by atoms with Gasteiger partial charge in [0.1, 0.15) is 0 Å². The van der Waals surface area contributed by atoms with Crippen molar-refractivity contribution in [1.82, 2.24) is 10.2 Å². The molecule has 142 valence electrons. The zero-order valence-corrected chi connectivity index (χ0v) is 17.2. The Hall–Kier alpha value is -1.40. The number of carbonyl (C=O) groups excluding carboxylic acids is 2. The summed E-state index contributed by atoms with van der Waals surface area (Å²) in [5.74, 6) is 0.453. The molecule has 3 atom stereocenters. The predicted octanol–water partition coefficient (Wildman–Crippen LogP) is 3.04. The number of halogens is 1. The third-order valence-electron chi connectivity index (χ3n) is 5.30. The van der Waals surface area contributed by atoms with Crippen molar-refractivity contribution in [3.05, 3.63) is 28.7 Å². The molecule has 3 rings (SSSR count). The summed E-state index contributed by atoms with van der Waals surface area (Å²) >= 11 is 3.49. The van der Waals surface area contributed by atoms with Gasteiger partial charge in [-0.3, -0.25) is 9.59 Å². The number of piperidine rings is 1. The number of benzene rings is 1. The Morgan fingerprint density at radius 3 is 2.85 bits per heavy atom. The third-order valence-corrected chi connectivity index (χ3v) is 5.97. The Labute approximate surface area is 164 Å². The predicted molar refractivity (Wildman–Crippen MR) is 107 cm³/mol. The van der Waals surface area contributed by atoms with E-state index in [1.54, 1.807) is 4.90 Å². The number of para-hydroxylation sites is 1. The molecule has 2 fully saturated rings. The number of nitrogens with zero attached hydrogens (tertiary/aromatic N) is 2. The lowest BCUT2D eigenvalue weighted by Gasteiger charge is -2.33. The molecule has 0 saturated carbocycles. The lowest BCUT2D eigenvalue weighted by molar-refractivity contribution is -0.127. The minimum absolute atomic E-state index is 0.00883. The normalized spacial score (nSPS) is 25.3. The molecule has 1 aromatic rings. The standard InChI is InChI=1S/C20H28BrN3O2/c1-14-6-5-9-23(11-14)12-15(2)22-20(26)16-10-19(25)24(13-16)18-8-4-3-7-17(18)21/h3-4,7-8,14-16H,5-6,9-13H2,1-2H3,(H,22,26)/t14-,15+,16+/m1/s1. The largest absolute Gasteiger partial charge is 0.352 e. The summed E-state index contributed by atoms with van der Waals surface area (Å²) in [4.78, 5) is 29.2. The summed E-state index contributed by atoms with van der Waals surface area (Å²) < 4.78 is 0.877. The van der Waals surface area contributed by atoms with Crippen LogP contribution in [0.15, 0.2) is 28.7 Å². The Morgan fingerprint density at radius 1 is 1.35 bits per heavy atom. The Balaban J connectivity index is 1.54. The topological polar surface area (TPSA) is 52.7 Å². The van der Waals surface area contributed by atoms with E-state index in [-0.39, 0.29) is 30.2 Å². The molecule has 1 N–H and O–H groups in total. The minimum Gasteiger partial charge on any atom is -0.352 e. The van der Waals surface area contributed by atoms with Crippen LogP contribution in [0.3, 0.4) is 0 Å². The van der Waals surface area contributed by atoms with E-state index in [0.717, 1.165) is 35.7 Å². The molecule has 2 aliphatic rings. The maximum absolute atomic E-state index is 12.6. The fourth-order valence-corrected chi connectivity index (χ4v) is 4.53. The van der Waals surface area contributed by atoms with Crippen LogP contribution in [-0.2, 0) is 9.59 Å².